The van der Waals surface area contributed by atoms with Crippen LogP contribution in [0.3, 0.4) is 0 Å². The number of para-hydroxylation sites is 1. The van der Waals surface area contributed by atoms with E-state index < -0.39 is 23.4 Å². The molecule has 1 atom stereocenters. The summed E-state index contributed by atoms with van der Waals surface area (Å²) in [6.07, 6.45) is 3.15. The number of urea groups is 1. The number of benzene rings is 2. The molecule has 4 amide bonds. The molecule has 0 spiro atoms. The van der Waals surface area contributed by atoms with Crippen molar-refractivity contribution in [1.82, 2.24) is 15.8 Å². The fraction of sp³-hybridized carbons (Fsp3) is 0.190. The molecule has 1 saturated heterocycles. The Balaban J connectivity index is 1.77. The highest BCUT2D eigenvalue weighted by Crippen LogP contribution is 2.31. The second kappa shape index (κ2) is 7.96. The van der Waals surface area contributed by atoms with Crippen LogP contribution < -0.4 is 15.5 Å². The number of ether oxygens (including phenoxy) is 1. The molecule has 1 aliphatic heterocycles. The number of methoxy groups -OCH3 is 1. The summed E-state index contributed by atoms with van der Waals surface area (Å²) in [6, 6.07) is 15.5. The highest BCUT2D eigenvalue weighted by atomic mass is 16.5. The SMILES string of the molecule is CC[C@@]1(c2ccccc2)NC(=O)N(NC(=O)/C=C/c2ccccc2OC)C1=O. The lowest BCUT2D eigenvalue weighted by Gasteiger charge is -2.25. The molecule has 1 heterocycles. The van der Waals surface area contributed by atoms with Crippen molar-refractivity contribution >= 4 is 23.9 Å². The Labute approximate surface area is 163 Å². The molecule has 7 nitrogen and oxygen atoms in total. The van der Waals surface area contributed by atoms with Gasteiger partial charge >= 0.3 is 6.03 Å². The topological polar surface area (TPSA) is 87.7 Å². The Bertz CT molecular complexity index is 926. The fourth-order valence-electron chi connectivity index (χ4n) is 3.16. The van der Waals surface area contributed by atoms with Gasteiger partial charge in [0.05, 0.1) is 7.11 Å². The van der Waals surface area contributed by atoms with Crippen LogP contribution in [0.25, 0.3) is 6.08 Å². The van der Waals surface area contributed by atoms with Crippen LogP contribution >= 0.6 is 0 Å². The quantitative estimate of drug-likeness (QED) is 0.597. The van der Waals surface area contributed by atoms with Crippen molar-refractivity contribution in [3.05, 3.63) is 71.8 Å². The molecular weight excluding hydrogens is 358 g/mol. The standard InChI is InChI=1S/C21H21N3O4/c1-3-21(16-10-5-4-6-11-16)19(26)24(20(27)22-21)23-18(25)14-13-15-9-7-8-12-17(15)28-2/h4-14H,3H2,1-2H3,(H,22,27)(H,23,25)/b14-13+/t21-/m0/s1. The summed E-state index contributed by atoms with van der Waals surface area (Å²) in [6.45, 7) is 1.80. The Kier molecular flexibility index (Phi) is 5.44. The Morgan fingerprint density at radius 3 is 2.50 bits per heavy atom. The van der Waals surface area contributed by atoms with Crippen molar-refractivity contribution < 1.29 is 19.1 Å². The number of nitrogens with one attached hydrogen (secondary N) is 2. The molecule has 0 bridgehead atoms. The van der Waals surface area contributed by atoms with E-state index in [0.717, 1.165) is 5.01 Å². The normalized spacial score (nSPS) is 19.0. The minimum absolute atomic E-state index is 0.352. The monoisotopic (exact) mass is 379 g/mol. The third-order valence-electron chi connectivity index (χ3n) is 4.66. The van der Waals surface area contributed by atoms with Crippen LogP contribution in [0, 0.1) is 0 Å². The van der Waals surface area contributed by atoms with E-state index in [4.69, 9.17) is 4.74 Å². The van der Waals surface area contributed by atoms with Gasteiger partial charge in [0.2, 0.25) is 0 Å². The van der Waals surface area contributed by atoms with Crippen LogP contribution in [-0.4, -0.2) is 30.0 Å². The molecule has 2 aromatic carbocycles. The summed E-state index contributed by atoms with van der Waals surface area (Å²) in [5.41, 5.74) is 2.52. The van der Waals surface area contributed by atoms with Crippen molar-refractivity contribution in [1.29, 1.82) is 0 Å². The second-order valence-corrected chi connectivity index (χ2v) is 6.25. The van der Waals surface area contributed by atoms with Crippen LogP contribution in [0.15, 0.2) is 60.7 Å². The molecule has 0 aromatic heterocycles. The first kappa shape index (κ1) is 19.2. The second-order valence-electron chi connectivity index (χ2n) is 6.25. The zero-order valence-electron chi connectivity index (χ0n) is 15.6. The van der Waals surface area contributed by atoms with Crippen molar-refractivity contribution in [2.75, 3.05) is 7.11 Å². The first-order valence-electron chi connectivity index (χ1n) is 8.85. The molecule has 0 unspecified atom stereocenters. The van der Waals surface area contributed by atoms with E-state index in [1.807, 2.05) is 18.2 Å². The third kappa shape index (κ3) is 3.46. The minimum Gasteiger partial charge on any atom is -0.496 e. The highest BCUT2D eigenvalue weighted by Gasteiger charge is 2.52. The van der Waals surface area contributed by atoms with Gasteiger partial charge < -0.3 is 10.1 Å². The predicted octanol–water partition coefficient (Wildman–Crippen LogP) is 2.60. The van der Waals surface area contributed by atoms with Gasteiger partial charge in [0.15, 0.2) is 0 Å². The van der Waals surface area contributed by atoms with E-state index in [0.29, 0.717) is 23.3 Å². The van der Waals surface area contributed by atoms with E-state index >= 15 is 0 Å². The fourth-order valence-corrected chi connectivity index (χ4v) is 3.16. The van der Waals surface area contributed by atoms with Crippen LogP contribution in [0.5, 0.6) is 5.75 Å². The van der Waals surface area contributed by atoms with Gasteiger partial charge in [0, 0.05) is 11.6 Å². The van der Waals surface area contributed by atoms with E-state index in [1.165, 1.54) is 13.2 Å². The first-order valence-corrected chi connectivity index (χ1v) is 8.85. The van der Waals surface area contributed by atoms with Crippen LogP contribution in [0.4, 0.5) is 4.79 Å². The van der Waals surface area contributed by atoms with Gasteiger partial charge in [-0.05, 0) is 24.1 Å². The highest BCUT2D eigenvalue weighted by molar-refractivity contribution is 6.09. The number of hydrogen-bond donors (Lipinski definition) is 2. The molecule has 2 N–H and O–H groups in total. The average Bonchev–Trinajstić information content (AvgIpc) is 2.98. The smallest absolute Gasteiger partial charge is 0.344 e. The van der Waals surface area contributed by atoms with Gasteiger partial charge in [-0.25, -0.2) is 4.79 Å². The lowest BCUT2D eigenvalue weighted by atomic mass is 9.87. The van der Waals surface area contributed by atoms with E-state index in [2.05, 4.69) is 10.7 Å². The minimum atomic E-state index is -1.20. The largest absolute Gasteiger partial charge is 0.496 e. The average molecular weight is 379 g/mol. The molecule has 0 radical (unpaired) electrons. The van der Waals surface area contributed by atoms with Gasteiger partial charge in [-0.15, -0.1) is 0 Å². The summed E-state index contributed by atoms with van der Waals surface area (Å²) in [4.78, 5) is 37.6. The molecule has 144 valence electrons. The molecule has 3 rings (SSSR count). The van der Waals surface area contributed by atoms with E-state index in [1.54, 1.807) is 49.4 Å². The van der Waals surface area contributed by atoms with Crippen LogP contribution in [-0.2, 0) is 15.1 Å². The maximum Gasteiger partial charge on any atom is 0.344 e. The van der Waals surface area contributed by atoms with Crippen LogP contribution in [0.1, 0.15) is 24.5 Å². The van der Waals surface area contributed by atoms with Gasteiger partial charge in [0.25, 0.3) is 11.8 Å². The number of imide groups is 1. The molecule has 0 saturated carbocycles. The summed E-state index contributed by atoms with van der Waals surface area (Å²) in [7, 11) is 1.54. The zero-order valence-corrected chi connectivity index (χ0v) is 15.6. The Morgan fingerprint density at radius 2 is 1.82 bits per heavy atom. The Morgan fingerprint density at radius 1 is 1.14 bits per heavy atom. The van der Waals surface area contributed by atoms with Gasteiger partial charge in [0.1, 0.15) is 11.3 Å². The lowest BCUT2D eigenvalue weighted by molar-refractivity contribution is -0.138. The number of rotatable bonds is 6. The van der Waals surface area contributed by atoms with Crippen molar-refractivity contribution in [2.24, 2.45) is 0 Å². The van der Waals surface area contributed by atoms with Gasteiger partial charge in [-0.1, -0.05) is 55.5 Å². The van der Waals surface area contributed by atoms with Crippen molar-refractivity contribution in [2.45, 2.75) is 18.9 Å². The molecule has 1 fully saturated rings. The predicted molar refractivity (Wildman–Crippen MR) is 104 cm³/mol. The summed E-state index contributed by atoms with van der Waals surface area (Å²) in [5.74, 6) is -0.518. The number of hydrogen-bond acceptors (Lipinski definition) is 4. The molecular formula is C21H21N3O4. The summed E-state index contributed by atoms with van der Waals surface area (Å²) in [5, 5.41) is 3.44. The number of hydrazine groups is 1. The van der Waals surface area contributed by atoms with E-state index in [9.17, 15) is 14.4 Å². The summed E-state index contributed by atoms with van der Waals surface area (Å²) >= 11 is 0. The van der Waals surface area contributed by atoms with Crippen molar-refractivity contribution in [3.63, 3.8) is 0 Å². The first-order chi connectivity index (χ1) is 13.5. The molecule has 28 heavy (non-hydrogen) atoms. The zero-order chi connectivity index (χ0) is 20.1. The summed E-state index contributed by atoms with van der Waals surface area (Å²) < 4.78 is 5.22. The molecule has 0 aliphatic carbocycles. The molecule has 1 aliphatic rings. The number of amides is 4. The molecule has 7 heteroatoms. The number of carbonyl (C=O) groups excluding carboxylic acids is 3. The van der Waals surface area contributed by atoms with Crippen LogP contribution in [0.2, 0.25) is 0 Å². The molecule has 2 aromatic rings. The number of nitrogens with zero attached hydrogens (tertiary/aromatic N) is 1. The lowest BCUT2D eigenvalue weighted by Crippen LogP contribution is -2.48. The van der Waals surface area contributed by atoms with Gasteiger partial charge in [-0.2, -0.15) is 5.01 Å². The Hall–Kier alpha value is -3.61. The third-order valence-corrected chi connectivity index (χ3v) is 4.66. The maximum atomic E-state index is 13.0. The van der Waals surface area contributed by atoms with Gasteiger partial charge in [-0.3, -0.25) is 15.0 Å². The number of carbonyl (C=O) groups is 3. The maximum absolute atomic E-state index is 13.0. The van der Waals surface area contributed by atoms with E-state index in [-0.39, 0.29) is 0 Å². The van der Waals surface area contributed by atoms with Crippen molar-refractivity contribution in [3.8, 4) is 5.75 Å².